The summed E-state index contributed by atoms with van der Waals surface area (Å²) in [6.45, 7) is 3.96. The van der Waals surface area contributed by atoms with Crippen molar-refractivity contribution in [3.05, 3.63) is 47.4 Å². The van der Waals surface area contributed by atoms with Crippen LogP contribution in [0.3, 0.4) is 0 Å². The minimum Gasteiger partial charge on any atom is -0.475 e. The van der Waals surface area contributed by atoms with Crippen molar-refractivity contribution in [1.29, 1.82) is 0 Å². The average Bonchev–Trinajstić information content (AvgIpc) is 2.32. The summed E-state index contributed by atoms with van der Waals surface area (Å²) in [4.78, 5) is 18.6. The van der Waals surface area contributed by atoms with Crippen molar-refractivity contribution >= 4 is 5.97 Å². The Hall–Kier alpha value is -2.23. The second-order valence-electron chi connectivity index (χ2n) is 3.89. The van der Waals surface area contributed by atoms with E-state index in [1.165, 1.54) is 6.20 Å². The van der Waals surface area contributed by atoms with Gasteiger partial charge in [0.2, 0.25) is 5.82 Å². The largest absolute Gasteiger partial charge is 0.475 e. The third-order valence-electron chi connectivity index (χ3n) is 2.52. The predicted octanol–water partition coefficient (Wildman–Crippen LogP) is 2.46. The molecule has 0 bridgehead atoms. The predicted molar refractivity (Wildman–Crippen MR) is 63.9 cm³/mol. The number of carboxylic acid groups (broad SMARTS) is 1. The van der Waals surface area contributed by atoms with Crippen molar-refractivity contribution in [1.82, 2.24) is 9.97 Å². The van der Waals surface area contributed by atoms with E-state index in [-0.39, 0.29) is 5.82 Å². The van der Waals surface area contributed by atoms with Crippen molar-refractivity contribution in [2.24, 2.45) is 0 Å². The van der Waals surface area contributed by atoms with Gasteiger partial charge >= 0.3 is 5.97 Å². The van der Waals surface area contributed by atoms with Crippen molar-refractivity contribution in [3.63, 3.8) is 0 Å². The molecule has 1 heterocycles. The van der Waals surface area contributed by atoms with Gasteiger partial charge in [0.15, 0.2) is 0 Å². The number of aryl methyl sites for hydroxylation is 2. The first-order chi connectivity index (χ1) is 8.08. The van der Waals surface area contributed by atoms with Crippen LogP contribution >= 0.6 is 0 Å². The van der Waals surface area contributed by atoms with E-state index in [1.807, 2.05) is 32.0 Å². The zero-order valence-electron chi connectivity index (χ0n) is 9.64. The lowest BCUT2D eigenvalue weighted by Gasteiger charge is -2.06. The summed E-state index contributed by atoms with van der Waals surface area (Å²) in [6, 6.07) is 7.71. The van der Waals surface area contributed by atoms with Crippen LogP contribution in [0.1, 0.15) is 21.7 Å². The maximum Gasteiger partial charge on any atom is 0.373 e. The normalized spacial score (nSPS) is 10.2. The number of benzene rings is 1. The third-order valence-corrected chi connectivity index (χ3v) is 2.52. The van der Waals surface area contributed by atoms with Crippen LogP contribution in [-0.4, -0.2) is 21.0 Å². The number of aromatic nitrogens is 2. The second kappa shape index (κ2) is 4.33. The molecule has 0 aliphatic rings. The first-order valence-corrected chi connectivity index (χ1v) is 5.22. The zero-order chi connectivity index (χ0) is 12.4. The molecule has 0 atom stereocenters. The molecular weight excluding hydrogens is 216 g/mol. The van der Waals surface area contributed by atoms with E-state index in [9.17, 15) is 4.79 Å². The Balaban J connectivity index is 2.56. The van der Waals surface area contributed by atoms with E-state index < -0.39 is 5.97 Å². The van der Waals surface area contributed by atoms with Crippen molar-refractivity contribution in [2.45, 2.75) is 13.8 Å². The number of rotatable bonds is 2. The molecule has 4 heteroatoms. The Morgan fingerprint density at radius 2 is 2.00 bits per heavy atom. The molecule has 1 aromatic heterocycles. The fraction of sp³-hybridized carbons (Fsp3) is 0.154. The molecule has 2 aromatic rings. The highest BCUT2D eigenvalue weighted by atomic mass is 16.4. The summed E-state index contributed by atoms with van der Waals surface area (Å²) < 4.78 is 0. The smallest absolute Gasteiger partial charge is 0.373 e. The number of carbonyl (C=O) groups is 1. The molecule has 2 rings (SSSR count). The molecule has 0 unspecified atom stereocenters. The van der Waals surface area contributed by atoms with Gasteiger partial charge in [0.05, 0.1) is 5.69 Å². The van der Waals surface area contributed by atoms with Crippen LogP contribution in [0.25, 0.3) is 11.3 Å². The Morgan fingerprint density at radius 1 is 1.24 bits per heavy atom. The molecule has 0 radical (unpaired) electrons. The van der Waals surface area contributed by atoms with Crippen LogP contribution in [0, 0.1) is 13.8 Å². The number of carboxylic acids is 1. The van der Waals surface area contributed by atoms with Crippen molar-refractivity contribution in [2.75, 3.05) is 0 Å². The summed E-state index contributed by atoms with van der Waals surface area (Å²) in [7, 11) is 0. The fourth-order valence-electron chi connectivity index (χ4n) is 1.62. The molecule has 0 amide bonds. The van der Waals surface area contributed by atoms with Gasteiger partial charge in [-0.1, -0.05) is 17.7 Å². The molecule has 0 fully saturated rings. The molecule has 1 N–H and O–H groups in total. The van der Waals surface area contributed by atoms with Gasteiger partial charge in [-0.2, -0.15) is 0 Å². The zero-order valence-corrected chi connectivity index (χ0v) is 9.64. The van der Waals surface area contributed by atoms with Gasteiger partial charge in [-0.15, -0.1) is 0 Å². The van der Waals surface area contributed by atoms with E-state index in [4.69, 9.17) is 5.11 Å². The lowest BCUT2D eigenvalue weighted by Crippen LogP contribution is -2.04. The summed E-state index contributed by atoms with van der Waals surface area (Å²) in [6.07, 6.45) is 1.47. The highest BCUT2D eigenvalue weighted by Crippen LogP contribution is 2.22. The molecule has 0 aliphatic carbocycles. The highest BCUT2D eigenvalue weighted by Gasteiger charge is 2.09. The van der Waals surface area contributed by atoms with Gasteiger partial charge in [0.1, 0.15) is 0 Å². The van der Waals surface area contributed by atoms with E-state index in [0.29, 0.717) is 5.69 Å². The van der Waals surface area contributed by atoms with Gasteiger partial charge in [-0.3, -0.25) is 0 Å². The average molecular weight is 228 g/mol. The standard InChI is InChI=1S/C13H12N2O2/c1-8-3-4-9(2)10(7-8)11-5-6-14-12(15-11)13(16)17/h3-7H,1-2H3,(H,16,17). The minimum absolute atomic E-state index is 0.177. The first-order valence-electron chi connectivity index (χ1n) is 5.22. The molecule has 17 heavy (non-hydrogen) atoms. The van der Waals surface area contributed by atoms with Gasteiger partial charge in [-0.05, 0) is 31.5 Å². The Morgan fingerprint density at radius 3 is 2.71 bits per heavy atom. The summed E-state index contributed by atoms with van der Waals surface area (Å²) in [5, 5.41) is 8.86. The molecular formula is C13H12N2O2. The molecule has 0 saturated carbocycles. The number of hydrogen-bond donors (Lipinski definition) is 1. The second-order valence-corrected chi connectivity index (χ2v) is 3.89. The Labute approximate surface area is 99.0 Å². The van der Waals surface area contributed by atoms with E-state index in [2.05, 4.69) is 9.97 Å². The minimum atomic E-state index is -1.11. The van der Waals surface area contributed by atoms with Crippen LogP contribution in [0.15, 0.2) is 30.5 Å². The van der Waals surface area contributed by atoms with Gasteiger partial charge in [-0.25, -0.2) is 14.8 Å². The number of aromatic carboxylic acids is 1. The van der Waals surface area contributed by atoms with Crippen LogP contribution in [-0.2, 0) is 0 Å². The monoisotopic (exact) mass is 228 g/mol. The lowest BCUT2D eigenvalue weighted by atomic mass is 10.0. The van der Waals surface area contributed by atoms with E-state index in [1.54, 1.807) is 6.07 Å². The topological polar surface area (TPSA) is 63.1 Å². The first kappa shape index (κ1) is 11.3. The van der Waals surface area contributed by atoms with Crippen LogP contribution in [0.5, 0.6) is 0 Å². The molecule has 0 spiro atoms. The number of hydrogen-bond acceptors (Lipinski definition) is 3. The summed E-state index contributed by atoms with van der Waals surface area (Å²) in [5.41, 5.74) is 3.75. The summed E-state index contributed by atoms with van der Waals surface area (Å²) in [5.74, 6) is -1.29. The SMILES string of the molecule is Cc1ccc(C)c(-c2ccnc(C(=O)O)n2)c1. The van der Waals surface area contributed by atoms with Crippen LogP contribution in [0.4, 0.5) is 0 Å². The maximum absolute atomic E-state index is 10.8. The van der Waals surface area contributed by atoms with Gasteiger partial charge in [0, 0.05) is 11.8 Å². The number of nitrogens with zero attached hydrogens (tertiary/aromatic N) is 2. The molecule has 4 nitrogen and oxygen atoms in total. The lowest BCUT2D eigenvalue weighted by molar-refractivity contribution is 0.0683. The molecule has 0 aliphatic heterocycles. The van der Waals surface area contributed by atoms with Crippen LogP contribution in [0.2, 0.25) is 0 Å². The molecule has 0 saturated heterocycles. The summed E-state index contributed by atoms with van der Waals surface area (Å²) >= 11 is 0. The fourth-order valence-corrected chi connectivity index (χ4v) is 1.62. The van der Waals surface area contributed by atoms with Gasteiger partial charge in [0.25, 0.3) is 0 Å². The maximum atomic E-state index is 10.8. The quantitative estimate of drug-likeness (QED) is 0.857. The van der Waals surface area contributed by atoms with E-state index >= 15 is 0 Å². The Bertz CT molecular complexity index is 579. The highest BCUT2D eigenvalue weighted by molar-refractivity contribution is 5.83. The Kier molecular flexibility index (Phi) is 2.87. The van der Waals surface area contributed by atoms with E-state index in [0.717, 1.165) is 16.7 Å². The van der Waals surface area contributed by atoms with Crippen molar-refractivity contribution < 1.29 is 9.90 Å². The molecule has 1 aromatic carbocycles. The van der Waals surface area contributed by atoms with Crippen molar-refractivity contribution in [3.8, 4) is 11.3 Å². The van der Waals surface area contributed by atoms with Gasteiger partial charge < -0.3 is 5.11 Å². The molecule has 86 valence electrons. The third kappa shape index (κ3) is 2.30. The van der Waals surface area contributed by atoms with Crippen LogP contribution < -0.4 is 0 Å².